The van der Waals surface area contributed by atoms with E-state index >= 15 is 0 Å². The molecule has 1 amide bonds. The molecular weight excluding hydrogens is 351 g/mol. The van der Waals surface area contributed by atoms with Gasteiger partial charge in [-0.25, -0.2) is 0 Å². The molecule has 0 spiro atoms. The first-order valence-corrected chi connectivity index (χ1v) is 7.37. The monoisotopic (exact) mass is 360 g/mol. The predicted molar refractivity (Wildman–Crippen MR) is 82.9 cm³/mol. The Bertz CT molecular complexity index is 684. The fourth-order valence-corrected chi connectivity index (χ4v) is 2.70. The summed E-state index contributed by atoms with van der Waals surface area (Å²) in [5, 5.41) is 11.5. The van der Waals surface area contributed by atoms with Crippen LogP contribution in [0.5, 0.6) is 0 Å². The molecule has 1 atom stereocenters. The van der Waals surface area contributed by atoms with Crippen LogP contribution in [0, 0.1) is 16.7 Å². The Morgan fingerprint density at radius 2 is 2.09 bits per heavy atom. The molecule has 1 saturated carbocycles. The Morgan fingerprint density at radius 1 is 1.45 bits per heavy atom. The van der Waals surface area contributed by atoms with E-state index in [0.29, 0.717) is 11.3 Å². The van der Waals surface area contributed by atoms with E-state index in [0.717, 1.165) is 0 Å². The van der Waals surface area contributed by atoms with Crippen molar-refractivity contribution >= 4 is 52.4 Å². The van der Waals surface area contributed by atoms with E-state index < -0.39 is 28.2 Å². The van der Waals surface area contributed by atoms with Crippen molar-refractivity contribution in [1.29, 1.82) is 5.26 Å². The molecule has 1 fully saturated rings. The number of hydrogen-bond acceptors (Lipinski definition) is 4. The number of ether oxygens (including phenoxy) is 1. The van der Waals surface area contributed by atoms with Crippen molar-refractivity contribution in [1.82, 2.24) is 0 Å². The number of carbonyl (C=O) groups is 2. The van der Waals surface area contributed by atoms with Gasteiger partial charge >= 0.3 is 5.97 Å². The van der Waals surface area contributed by atoms with E-state index in [9.17, 15) is 9.59 Å². The molecular formula is C14H11Cl3N2O3. The van der Waals surface area contributed by atoms with Crippen molar-refractivity contribution in [2.75, 3.05) is 11.9 Å². The SMILES string of the molecule is C[C@@]1(C(=O)OCC(=O)Nc2ccc(C#N)c(Cl)c2)CC1(Cl)Cl. The molecule has 0 bridgehead atoms. The number of carbonyl (C=O) groups excluding carboxylic acids is 2. The van der Waals surface area contributed by atoms with Gasteiger partial charge in [-0.15, -0.1) is 23.2 Å². The molecule has 0 aromatic heterocycles. The van der Waals surface area contributed by atoms with Crippen LogP contribution in [0.2, 0.25) is 5.02 Å². The van der Waals surface area contributed by atoms with Crippen LogP contribution < -0.4 is 5.32 Å². The molecule has 0 unspecified atom stereocenters. The van der Waals surface area contributed by atoms with Gasteiger partial charge in [-0.3, -0.25) is 9.59 Å². The number of nitrogens with zero attached hydrogens (tertiary/aromatic N) is 1. The zero-order valence-electron chi connectivity index (χ0n) is 11.5. The van der Waals surface area contributed by atoms with Crippen LogP contribution in [0.4, 0.5) is 5.69 Å². The van der Waals surface area contributed by atoms with E-state index in [1.165, 1.54) is 18.2 Å². The molecule has 1 aliphatic rings. The molecule has 0 saturated heterocycles. The van der Waals surface area contributed by atoms with Crippen LogP contribution in [-0.2, 0) is 14.3 Å². The van der Waals surface area contributed by atoms with Crippen LogP contribution >= 0.6 is 34.8 Å². The second-order valence-corrected chi connectivity index (χ2v) is 7.04. The van der Waals surface area contributed by atoms with E-state index in [2.05, 4.69) is 5.32 Å². The summed E-state index contributed by atoms with van der Waals surface area (Å²) in [5.74, 6) is -1.15. The lowest BCUT2D eigenvalue weighted by Crippen LogP contribution is -2.26. The summed E-state index contributed by atoms with van der Waals surface area (Å²) < 4.78 is 3.77. The third kappa shape index (κ3) is 3.30. The normalized spacial score (nSPS) is 21.6. The minimum atomic E-state index is -1.14. The number of hydrogen-bond donors (Lipinski definition) is 1. The smallest absolute Gasteiger partial charge is 0.315 e. The van der Waals surface area contributed by atoms with Gasteiger partial charge in [0.05, 0.1) is 10.6 Å². The summed E-state index contributed by atoms with van der Waals surface area (Å²) in [4.78, 5) is 23.5. The van der Waals surface area contributed by atoms with Gasteiger partial charge in [0, 0.05) is 12.1 Å². The van der Waals surface area contributed by atoms with Crippen molar-refractivity contribution < 1.29 is 14.3 Å². The Balaban J connectivity index is 1.88. The Hall–Kier alpha value is -1.48. The van der Waals surface area contributed by atoms with Crippen LogP contribution in [0.3, 0.4) is 0 Å². The van der Waals surface area contributed by atoms with Gasteiger partial charge in [0.2, 0.25) is 0 Å². The third-order valence-corrected chi connectivity index (χ3v) is 4.83. The first kappa shape index (κ1) is 16.9. The summed E-state index contributed by atoms with van der Waals surface area (Å²) in [6.45, 7) is 1.11. The van der Waals surface area contributed by atoms with Gasteiger partial charge in [-0.2, -0.15) is 5.26 Å². The van der Waals surface area contributed by atoms with Crippen LogP contribution in [0.25, 0.3) is 0 Å². The maximum atomic E-state index is 11.8. The molecule has 0 heterocycles. The van der Waals surface area contributed by atoms with Gasteiger partial charge in [-0.05, 0) is 25.1 Å². The molecule has 0 aliphatic heterocycles. The lowest BCUT2D eigenvalue weighted by Gasteiger charge is -2.12. The Kier molecular flexibility index (Phi) is 4.57. The number of nitriles is 1. The number of nitrogens with one attached hydrogen (secondary N) is 1. The fraction of sp³-hybridized carbons (Fsp3) is 0.357. The second kappa shape index (κ2) is 5.96. The van der Waals surface area contributed by atoms with Crippen molar-refractivity contribution in [3.8, 4) is 6.07 Å². The van der Waals surface area contributed by atoms with Gasteiger partial charge < -0.3 is 10.1 Å². The number of halogens is 3. The lowest BCUT2D eigenvalue weighted by molar-refractivity contribution is -0.152. The molecule has 2 rings (SSSR count). The fourth-order valence-electron chi connectivity index (χ4n) is 1.79. The zero-order valence-corrected chi connectivity index (χ0v) is 13.7. The minimum absolute atomic E-state index is 0.219. The molecule has 22 heavy (non-hydrogen) atoms. The van der Waals surface area contributed by atoms with Crippen LogP contribution in [0.1, 0.15) is 18.9 Å². The summed E-state index contributed by atoms with van der Waals surface area (Å²) in [5.41, 5.74) is -0.284. The maximum absolute atomic E-state index is 11.8. The van der Waals surface area contributed by atoms with Crippen molar-refractivity contribution in [2.24, 2.45) is 5.41 Å². The van der Waals surface area contributed by atoms with E-state index in [1.807, 2.05) is 6.07 Å². The number of benzene rings is 1. The van der Waals surface area contributed by atoms with Gasteiger partial charge in [-0.1, -0.05) is 11.6 Å². The highest BCUT2D eigenvalue weighted by molar-refractivity contribution is 6.53. The average Bonchev–Trinajstić information content (AvgIpc) is 2.96. The number of esters is 1. The maximum Gasteiger partial charge on any atom is 0.315 e. The summed E-state index contributed by atoms with van der Waals surface area (Å²) >= 11 is 17.6. The molecule has 1 aromatic carbocycles. The van der Waals surface area contributed by atoms with Crippen LogP contribution in [-0.4, -0.2) is 22.8 Å². The first-order chi connectivity index (χ1) is 10.2. The number of alkyl halides is 2. The molecule has 1 aromatic rings. The second-order valence-electron chi connectivity index (χ2n) is 5.14. The standard InChI is InChI=1S/C14H11Cl3N2O3/c1-13(7-14(13,16)17)12(21)22-6-11(20)19-9-3-2-8(5-18)10(15)4-9/h2-4H,6-7H2,1H3,(H,19,20)/t13-/m0/s1. The highest BCUT2D eigenvalue weighted by Gasteiger charge is 2.69. The topological polar surface area (TPSA) is 79.2 Å². The molecule has 5 nitrogen and oxygen atoms in total. The van der Waals surface area contributed by atoms with Crippen molar-refractivity contribution in [3.63, 3.8) is 0 Å². The molecule has 0 radical (unpaired) electrons. The quantitative estimate of drug-likeness (QED) is 0.659. The average molecular weight is 362 g/mol. The molecule has 8 heteroatoms. The van der Waals surface area contributed by atoms with E-state index in [-0.39, 0.29) is 11.4 Å². The molecule has 116 valence electrons. The largest absolute Gasteiger partial charge is 0.455 e. The van der Waals surface area contributed by atoms with Gasteiger partial charge in [0.25, 0.3) is 5.91 Å². The predicted octanol–water partition coefficient (Wildman–Crippen LogP) is 3.28. The lowest BCUT2D eigenvalue weighted by atomic mass is 10.1. The van der Waals surface area contributed by atoms with Gasteiger partial charge in [0.1, 0.15) is 15.8 Å². The Labute approximate surface area is 142 Å². The minimum Gasteiger partial charge on any atom is -0.455 e. The molecule has 1 aliphatic carbocycles. The number of rotatable bonds is 4. The molecule has 1 N–H and O–H groups in total. The third-order valence-electron chi connectivity index (χ3n) is 3.42. The van der Waals surface area contributed by atoms with E-state index in [1.54, 1.807) is 6.92 Å². The highest BCUT2D eigenvalue weighted by atomic mass is 35.5. The summed E-state index contributed by atoms with van der Waals surface area (Å²) in [6, 6.07) is 6.34. The number of amides is 1. The summed E-state index contributed by atoms with van der Waals surface area (Å²) in [7, 11) is 0. The Morgan fingerprint density at radius 3 is 2.59 bits per heavy atom. The van der Waals surface area contributed by atoms with E-state index in [4.69, 9.17) is 44.8 Å². The van der Waals surface area contributed by atoms with Crippen molar-refractivity contribution in [2.45, 2.75) is 17.7 Å². The summed E-state index contributed by atoms with van der Waals surface area (Å²) in [6.07, 6.45) is 0.287. The van der Waals surface area contributed by atoms with Crippen LogP contribution in [0.15, 0.2) is 18.2 Å². The van der Waals surface area contributed by atoms with Gasteiger partial charge in [0.15, 0.2) is 6.61 Å². The zero-order chi connectivity index (χ0) is 16.5. The van der Waals surface area contributed by atoms with Crippen molar-refractivity contribution in [3.05, 3.63) is 28.8 Å². The highest BCUT2D eigenvalue weighted by Crippen LogP contribution is 2.64. The first-order valence-electron chi connectivity index (χ1n) is 6.24. The number of anilines is 1.